The third kappa shape index (κ3) is 4.23. The summed E-state index contributed by atoms with van der Waals surface area (Å²) < 4.78 is 5.37. The van der Waals surface area contributed by atoms with Gasteiger partial charge in [0.2, 0.25) is 5.91 Å². The number of ether oxygens (including phenoxy) is 1. The van der Waals surface area contributed by atoms with Crippen molar-refractivity contribution >= 4 is 5.91 Å². The largest absolute Gasteiger partial charge is 0.380 e. The molecule has 5 nitrogen and oxygen atoms in total. The van der Waals surface area contributed by atoms with Gasteiger partial charge in [0.1, 0.15) is 0 Å². The average molecular weight is 257 g/mol. The number of hydrogen-bond acceptors (Lipinski definition) is 4. The second-order valence-corrected chi connectivity index (χ2v) is 5.33. The molecule has 1 saturated heterocycles. The molecule has 1 amide bonds. The van der Waals surface area contributed by atoms with Crippen molar-refractivity contribution < 1.29 is 9.53 Å². The fourth-order valence-corrected chi connectivity index (χ4v) is 2.42. The Kier molecular flexibility index (Phi) is 6.05. The SMILES string of the molecule is CCNC(C)(CCCN(C)C1CCOC1)C(N)=O. The number of nitrogens with one attached hydrogen (secondary N) is 1. The lowest BCUT2D eigenvalue weighted by Gasteiger charge is -2.29. The highest BCUT2D eigenvalue weighted by molar-refractivity contribution is 5.84. The lowest BCUT2D eigenvalue weighted by molar-refractivity contribution is -0.124. The van der Waals surface area contributed by atoms with Gasteiger partial charge in [-0.1, -0.05) is 6.92 Å². The van der Waals surface area contributed by atoms with E-state index in [0.717, 1.165) is 45.6 Å². The van der Waals surface area contributed by atoms with Crippen LogP contribution >= 0.6 is 0 Å². The van der Waals surface area contributed by atoms with Crippen LogP contribution in [-0.4, -0.2) is 55.7 Å². The topological polar surface area (TPSA) is 67.6 Å². The summed E-state index contributed by atoms with van der Waals surface area (Å²) in [5, 5.41) is 3.18. The number of amides is 1. The summed E-state index contributed by atoms with van der Waals surface area (Å²) in [5.74, 6) is -0.267. The molecule has 2 unspecified atom stereocenters. The third-order valence-electron chi connectivity index (χ3n) is 3.83. The minimum atomic E-state index is -0.582. The number of nitrogens with two attached hydrogens (primary N) is 1. The number of hydrogen-bond donors (Lipinski definition) is 2. The quantitative estimate of drug-likeness (QED) is 0.658. The predicted octanol–water partition coefficient (Wildman–Crippen LogP) is 0.341. The van der Waals surface area contributed by atoms with Crippen LogP contribution in [0.3, 0.4) is 0 Å². The van der Waals surface area contributed by atoms with Crippen LogP contribution in [0.1, 0.15) is 33.1 Å². The molecule has 106 valence electrons. The summed E-state index contributed by atoms with van der Waals surface area (Å²) in [6, 6.07) is 0.531. The van der Waals surface area contributed by atoms with E-state index >= 15 is 0 Å². The summed E-state index contributed by atoms with van der Waals surface area (Å²) in [5.41, 5.74) is 4.88. The van der Waals surface area contributed by atoms with Crippen molar-refractivity contribution in [2.45, 2.75) is 44.7 Å². The molecular formula is C13H27N3O2. The maximum absolute atomic E-state index is 11.5. The molecule has 1 fully saturated rings. The van der Waals surface area contributed by atoms with Gasteiger partial charge in [0, 0.05) is 12.6 Å². The highest BCUT2D eigenvalue weighted by atomic mass is 16.5. The molecule has 1 heterocycles. The fraction of sp³-hybridized carbons (Fsp3) is 0.923. The van der Waals surface area contributed by atoms with Crippen LogP contribution in [0.2, 0.25) is 0 Å². The fourth-order valence-electron chi connectivity index (χ4n) is 2.42. The molecule has 0 aliphatic carbocycles. The van der Waals surface area contributed by atoms with Crippen molar-refractivity contribution in [1.82, 2.24) is 10.2 Å². The lowest BCUT2D eigenvalue weighted by Crippen LogP contribution is -2.53. The van der Waals surface area contributed by atoms with E-state index in [2.05, 4.69) is 17.3 Å². The second kappa shape index (κ2) is 7.07. The van der Waals surface area contributed by atoms with Crippen LogP contribution < -0.4 is 11.1 Å². The van der Waals surface area contributed by atoms with Gasteiger partial charge in [-0.3, -0.25) is 4.79 Å². The van der Waals surface area contributed by atoms with Crippen molar-refractivity contribution in [2.24, 2.45) is 5.73 Å². The van der Waals surface area contributed by atoms with E-state index < -0.39 is 5.54 Å². The molecule has 0 spiro atoms. The van der Waals surface area contributed by atoms with Gasteiger partial charge in [0.05, 0.1) is 12.1 Å². The standard InChI is InChI=1S/C13H27N3O2/c1-4-15-13(2,12(14)17)7-5-8-16(3)11-6-9-18-10-11/h11,15H,4-10H2,1-3H3,(H2,14,17). The zero-order valence-electron chi connectivity index (χ0n) is 11.9. The smallest absolute Gasteiger partial charge is 0.237 e. The van der Waals surface area contributed by atoms with E-state index in [-0.39, 0.29) is 5.91 Å². The van der Waals surface area contributed by atoms with Gasteiger partial charge in [0.15, 0.2) is 0 Å². The Hall–Kier alpha value is -0.650. The molecule has 5 heteroatoms. The van der Waals surface area contributed by atoms with Crippen LogP contribution in [0, 0.1) is 0 Å². The molecule has 1 rings (SSSR count). The Bertz CT molecular complexity index is 267. The number of carbonyl (C=O) groups excluding carboxylic acids is 1. The van der Waals surface area contributed by atoms with Crippen LogP contribution in [0.25, 0.3) is 0 Å². The lowest BCUT2D eigenvalue weighted by atomic mass is 9.94. The van der Waals surface area contributed by atoms with E-state index in [4.69, 9.17) is 10.5 Å². The van der Waals surface area contributed by atoms with Crippen LogP contribution in [0.15, 0.2) is 0 Å². The average Bonchev–Trinajstić information content (AvgIpc) is 2.82. The molecule has 3 N–H and O–H groups in total. The summed E-state index contributed by atoms with van der Waals surface area (Å²) in [4.78, 5) is 13.8. The summed E-state index contributed by atoms with van der Waals surface area (Å²) >= 11 is 0. The number of nitrogens with zero attached hydrogens (tertiary/aromatic N) is 1. The monoisotopic (exact) mass is 257 g/mol. The van der Waals surface area contributed by atoms with Gasteiger partial charge in [0.25, 0.3) is 0 Å². The van der Waals surface area contributed by atoms with E-state index in [1.54, 1.807) is 0 Å². The minimum absolute atomic E-state index is 0.267. The van der Waals surface area contributed by atoms with Gasteiger partial charge in [-0.2, -0.15) is 0 Å². The predicted molar refractivity (Wildman–Crippen MR) is 72.4 cm³/mol. The first-order valence-electron chi connectivity index (χ1n) is 6.82. The maximum Gasteiger partial charge on any atom is 0.237 e. The third-order valence-corrected chi connectivity index (χ3v) is 3.83. The Morgan fingerprint density at radius 3 is 2.83 bits per heavy atom. The summed E-state index contributed by atoms with van der Waals surface area (Å²) in [7, 11) is 2.12. The zero-order valence-corrected chi connectivity index (χ0v) is 11.9. The van der Waals surface area contributed by atoms with E-state index in [9.17, 15) is 4.79 Å². The first-order chi connectivity index (χ1) is 8.49. The zero-order chi connectivity index (χ0) is 13.6. The van der Waals surface area contributed by atoms with E-state index in [1.165, 1.54) is 0 Å². The number of likely N-dealkylation sites (N-methyl/N-ethyl adjacent to an activating group) is 2. The van der Waals surface area contributed by atoms with Crippen molar-refractivity contribution in [1.29, 1.82) is 0 Å². The Balaban J connectivity index is 2.31. The molecule has 0 bridgehead atoms. The Morgan fingerprint density at radius 1 is 1.61 bits per heavy atom. The van der Waals surface area contributed by atoms with E-state index in [0.29, 0.717) is 6.04 Å². The van der Waals surface area contributed by atoms with E-state index in [1.807, 2.05) is 13.8 Å². The van der Waals surface area contributed by atoms with Crippen LogP contribution in [0.5, 0.6) is 0 Å². The molecule has 1 aliphatic heterocycles. The normalized spacial score (nSPS) is 23.2. The summed E-state index contributed by atoms with van der Waals surface area (Å²) in [6.45, 7) is 7.30. The number of carbonyl (C=O) groups is 1. The van der Waals surface area contributed by atoms with Crippen molar-refractivity contribution in [3.8, 4) is 0 Å². The molecule has 0 aromatic heterocycles. The molecule has 18 heavy (non-hydrogen) atoms. The number of rotatable bonds is 8. The Labute approximate surface area is 110 Å². The molecular weight excluding hydrogens is 230 g/mol. The second-order valence-electron chi connectivity index (χ2n) is 5.33. The van der Waals surface area contributed by atoms with Gasteiger partial charge >= 0.3 is 0 Å². The first kappa shape index (κ1) is 15.4. The molecule has 0 radical (unpaired) electrons. The molecule has 0 aromatic carbocycles. The van der Waals surface area contributed by atoms with Crippen LogP contribution in [-0.2, 0) is 9.53 Å². The number of primary amides is 1. The minimum Gasteiger partial charge on any atom is -0.380 e. The molecule has 2 atom stereocenters. The molecule has 0 saturated carbocycles. The highest BCUT2D eigenvalue weighted by Gasteiger charge is 2.29. The maximum atomic E-state index is 11.5. The van der Waals surface area contributed by atoms with Crippen LogP contribution in [0.4, 0.5) is 0 Å². The van der Waals surface area contributed by atoms with Gasteiger partial charge < -0.3 is 20.7 Å². The van der Waals surface area contributed by atoms with Crippen molar-refractivity contribution in [2.75, 3.05) is 33.4 Å². The highest BCUT2D eigenvalue weighted by Crippen LogP contribution is 2.15. The van der Waals surface area contributed by atoms with Crippen molar-refractivity contribution in [3.63, 3.8) is 0 Å². The summed E-state index contributed by atoms with van der Waals surface area (Å²) in [6.07, 6.45) is 2.84. The Morgan fingerprint density at radius 2 is 2.33 bits per heavy atom. The first-order valence-corrected chi connectivity index (χ1v) is 6.82. The van der Waals surface area contributed by atoms with Gasteiger partial charge in [-0.15, -0.1) is 0 Å². The molecule has 0 aromatic rings. The van der Waals surface area contributed by atoms with Gasteiger partial charge in [-0.25, -0.2) is 0 Å². The van der Waals surface area contributed by atoms with Gasteiger partial charge in [-0.05, 0) is 46.3 Å². The molecule has 1 aliphatic rings. The van der Waals surface area contributed by atoms with Crippen molar-refractivity contribution in [3.05, 3.63) is 0 Å².